The highest BCUT2D eigenvalue weighted by molar-refractivity contribution is 5.41. The van der Waals surface area contributed by atoms with E-state index in [0.717, 1.165) is 50.8 Å². The number of pyridine rings is 1. The van der Waals surface area contributed by atoms with Crippen molar-refractivity contribution in [2.45, 2.75) is 33.0 Å². The Kier molecular flexibility index (Phi) is 3.92. The monoisotopic (exact) mass is 272 g/mol. The molecule has 1 aliphatic rings. The Morgan fingerprint density at radius 1 is 1.35 bits per heavy atom. The van der Waals surface area contributed by atoms with Gasteiger partial charge in [-0.3, -0.25) is 0 Å². The van der Waals surface area contributed by atoms with Gasteiger partial charge in [0.2, 0.25) is 0 Å². The number of aromatic nitrogens is 4. The fraction of sp³-hybridized carbons (Fsp3) is 0.500. The third-order valence-corrected chi connectivity index (χ3v) is 3.53. The summed E-state index contributed by atoms with van der Waals surface area (Å²) >= 11 is 0. The number of fused-ring (bicyclic) bond motifs is 1. The van der Waals surface area contributed by atoms with E-state index in [1.807, 2.05) is 6.20 Å². The van der Waals surface area contributed by atoms with Crippen molar-refractivity contribution in [1.82, 2.24) is 25.1 Å². The van der Waals surface area contributed by atoms with E-state index >= 15 is 0 Å². The van der Waals surface area contributed by atoms with E-state index < -0.39 is 0 Å². The summed E-state index contributed by atoms with van der Waals surface area (Å²) in [7, 11) is 0. The first-order valence-electron chi connectivity index (χ1n) is 7.14. The quantitative estimate of drug-likeness (QED) is 0.829. The molecule has 0 saturated carbocycles. The molecule has 106 valence electrons. The summed E-state index contributed by atoms with van der Waals surface area (Å²) in [6.45, 7) is 6.76. The van der Waals surface area contributed by atoms with Crippen LogP contribution in [-0.4, -0.2) is 32.8 Å². The maximum Gasteiger partial charge on any atom is 0.152 e. The van der Waals surface area contributed by atoms with Crippen molar-refractivity contribution in [1.29, 1.82) is 0 Å². The van der Waals surface area contributed by atoms with E-state index in [1.165, 1.54) is 5.56 Å². The lowest BCUT2D eigenvalue weighted by atomic mass is 10.2. The first-order chi connectivity index (χ1) is 9.86. The second kappa shape index (κ2) is 6.00. The van der Waals surface area contributed by atoms with Gasteiger partial charge in [-0.2, -0.15) is 0 Å². The predicted molar refractivity (Wildman–Crippen MR) is 77.3 cm³/mol. The molecule has 0 spiro atoms. The van der Waals surface area contributed by atoms with Crippen LogP contribution in [0.25, 0.3) is 0 Å². The van der Waals surface area contributed by atoms with Gasteiger partial charge in [-0.05, 0) is 30.7 Å². The van der Waals surface area contributed by atoms with E-state index in [1.54, 1.807) is 6.33 Å². The van der Waals surface area contributed by atoms with Crippen molar-refractivity contribution in [2.24, 2.45) is 0 Å². The average Bonchev–Trinajstić information content (AvgIpc) is 2.95. The summed E-state index contributed by atoms with van der Waals surface area (Å²) in [5.41, 5.74) is 1.27. The van der Waals surface area contributed by atoms with Crippen LogP contribution in [0.5, 0.6) is 0 Å². The van der Waals surface area contributed by atoms with Gasteiger partial charge in [-0.15, -0.1) is 10.2 Å². The number of nitrogens with zero attached hydrogens (tertiary/aromatic N) is 5. The molecule has 0 radical (unpaired) electrons. The molecule has 0 unspecified atom stereocenters. The molecule has 3 rings (SSSR count). The fourth-order valence-electron chi connectivity index (χ4n) is 2.41. The van der Waals surface area contributed by atoms with Gasteiger partial charge < -0.3 is 14.8 Å². The Morgan fingerprint density at radius 2 is 2.30 bits per heavy atom. The molecule has 0 aromatic carbocycles. The lowest BCUT2D eigenvalue weighted by Gasteiger charge is -2.28. The molecule has 3 heterocycles. The predicted octanol–water partition coefficient (Wildman–Crippen LogP) is 1.19. The van der Waals surface area contributed by atoms with E-state index in [4.69, 9.17) is 0 Å². The van der Waals surface area contributed by atoms with Gasteiger partial charge in [-0.1, -0.05) is 6.92 Å². The minimum atomic E-state index is 0.777. The molecule has 6 nitrogen and oxygen atoms in total. The van der Waals surface area contributed by atoms with Crippen LogP contribution in [0.2, 0.25) is 0 Å². The molecule has 0 atom stereocenters. The lowest BCUT2D eigenvalue weighted by Crippen LogP contribution is -2.34. The maximum absolute atomic E-state index is 4.49. The van der Waals surface area contributed by atoms with Gasteiger partial charge in [0, 0.05) is 25.8 Å². The van der Waals surface area contributed by atoms with Crippen molar-refractivity contribution >= 4 is 5.82 Å². The number of anilines is 1. The molecule has 0 aliphatic carbocycles. The Morgan fingerprint density at radius 3 is 3.20 bits per heavy atom. The highest BCUT2D eigenvalue weighted by atomic mass is 15.3. The van der Waals surface area contributed by atoms with E-state index in [2.05, 4.69) is 49.0 Å². The Bertz CT molecular complexity index is 564. The van der Waals surface area contributed by atoms with Crippen molar-refractivity contribution < 1.29 is 0 Å². The van der Waals surface area contributed by atoms with Gasteiger partial charge in [0.1, 0.15) is 12.1 Å². The third-order valence-electron chi connectivity index (χ3n) is 3.53. The largest absolute Gasteiger partial charge is 0.347 e. The molecule has 0 saturated heterocycles. The van der Waals surface area contributed by atoms with Crippen molar-refractivity contribution in [3.05, 3.63) is 36.0 Å². The molecule has 0 bridgehead atoms. The smallest absolute Gasteiger partial charge is 0.152 e. The molecule has 1 N–H and O–H groups in total. The molecular weight excluding hydrogens is 252 g/mol. The zero-order chi connectivity index (χ0) is 13.8. The van der Waals surface area contributed by atoms with Crippen molar-refractivity contribution in [3.63, 3.8) is 0 Å². The number of hydrogen-bond donors (Lipinski definition) is 1. The molecule has 20 heavy (non-hydrogen) atoms. The number of rotatable bonds is 5. The van der Waals surface area contributed by atoms with E-state index in [0.29, 0.717) is 0 Å². The fourth-order valence-corrected chi connectivity index (χ4v) is 2.41. The SMILES string of the molecule is CCCNCc1ccnc(N2CCn3cnnc3C2)c1. The van der Waals surface area contributed by atoms with Crippen LogP contribution < -0.4 is 10.2 Å². The van der Waals surface area contributed by atoms with Crippen molar-refractivity contribution in [3.8, 4) is 0 Å². The highest BCUT2D eigenvalue weighted by Gasteiger charge is 2.18. The first kappa shape index (κ1) is 13.1. The van der Waals surface area contributed by atoms with Crippen molar-refractivity contribution in [2.75, 3.05) is 18.0 Å². The summed E-state index contributed by atoms with van der Waals surface area (Å²) in [5, 5.41) is 11.5. The van der Waals surface area contributed by atoms with Gasteiger partial charge >= 0.3 is 0 Å². The number of nitrogens with one attached hydrogen (secondary N) is 1. The average molecular weight is 272 g/mol. The van der Waals surface area contributed by atoms with Crippen LogP contribution in [0.1, 0.15) is 24.7 Å². The topological polar surface area (TPSA) is 58.9 Å². The second-order valence-corrected chi connectivity index (χ2v) is 5.06. The second-order valence-electron chi connectivity index (χ2n) is 5.06. The first-order valence-corrected chi connectivity index (χ1v) is 7.14. The van der Waals surface area contributed by atoms with Crippen LogP contribution in [0.3, 0.4) is 0 Å². The van der Waals surface area contributed by atoms with Crippen LogP contribution in [0.15, 0.2) is 24.7 Å². The molecule has 0 amide bonds. The van der Waals surface area contributed by atoms with Gasteiger partial charge in [0.15, 0.2) is 5.82 Å². The molecule has 0 fully saturated rings. The minimum absolute atomic E-state index is 0.777. The molecular formula is C14H20N6. The molecule has 6 heteroatoms. The Hall–Kier alpha value is -1.95. The Balaban J connectivity index is 1.70. The summed E-state index contributed by atoms with van der Waals surface area (Å²) in [6, 6.07) is 4.23. The van der Waals surface area contributed by atoms with Crippen LogP contribution in [-0.2, 0) is 19.6 Å². The molecule has 2 aromatic heterocycles. The lowest BCUT2D eigenvalue weighted by molar-refractivity contribution is 0.556. The number of hydrogen-bond acceptors (Lipinski definition) is 5. The van der Waals surface area contributed by atoms with Crippen LogP contribution in [0, 0.1) is 0 Å². The third kappa shape index (κ3) is 2.80. The van der Waals surface area contributed by atoms with Crippen LogP contribution in [0.4, 0.5) is 5.82 Å². The summed E-state index contributed by atoms with van der Waals surface area (Å²) in [4.78, 5) is 6.75. The standard InChI is InChI=1S/C14H20N6/c1-2-4-15-9-12-3-5-16-13(8-12)19-6-7-20-11-17-18-14(20)10-19/h3,5,8,11,15H,2,4,6-7,9-10H2,1H3. The van der Waals surface area contributed by atoms with E-state index in [-0.39, 0.29) is 0 Å². The normalized spacial score (nSPS) is 14.3. The highest BCUT2D eigenvalue weighted by Crippen LogP contribution is 2.18. The minimum Gasteiger partial charge on any atom is -0.347 e. The van der Waals surface area contributed by atoms with Gasteiger partial charge in [-0.25, -0.2) is 4.98 Å². The van der Waals surface area contributed by atoms with Gasteiger partial charge in [0.25, 0.3) is 0 Å². The van der Waals surface area contributed by atoms with Crippen LogP contribution >= 0.6 is 0 Å². The summed E-state index contributed by atoms with van der Waals surface area (Å²) in [5.74, 6) is 2.03. The van der Waals surface area contributed by atoms with E-state index in [9.17, 15) is 0 Å². The molecule has 1 aliphatic heterocycles. The zero-order valence-corrected chi connectivity index (χ0v) is 11.8. The summed E-state index contributed by atoms with van der Waals surface area (Å²) in [6.07, 6.45) is 4.84. The summed E-state index contributed by atoms with van der Waals surface area (Å²) < 4.78 is 2.10. The zero-order valence-electron chi connectivity index (χ0n) is 11.8. The Labute approximate surface area is 118 Å². The molecule has 2 aromatic rings. The van der Waals surface area contributed by atoms with Gasteiger partial charge in [0.05, 0.1) is 6.54 Å². The maximum atomic E-state index is 4.49.